The summed E-state index contributed by atoms with van der Waals surface area (Å²) in [5.41, 5.74) is 5.74. The molecule has 1 heterocycles. The van der Waals surface area contributed by atoms with E-state index in [1.165, 1.54) is 23.9 Å². The van der Waals surface area contributed by atoms with Gasteiger partial charge in [0.05, 0.1) is 13.0 Å². The van der Waals surface area contributed by atoms with Crippen LogP contribution in [0.25, 0.3) is 0 Å². The van der Waals surface area contributed by atoms with Crippen molar-refractivity contribution in [3.05, 3.63) is 76.9 Å². The summed E-state index contributed by atoms with van der Waals surface area (Å²) in [5.74, 6) is 3.27. The lowest BCUT2D eigenvalue weighted by Gasteiger charge is -2.16. The highest BCUT2D eigenvalue weighted by atomic mass is 32.2. The quantitative estimate of drug-likeness (QED) is 0.351. The molecule has 1 aliphatic rings. The van der Waals surface area contributed by atoms with Crippen molar-refractivity contribution in [2.75, 3.05) is 32.9 Å². The van der Waals surface area contributed by atoms with Gasteiger partial charge in [0, 0.05) is 19.8 Å². The molecule has 40 heavy (non-hydrogen) atoms. The Labute approximate surface area is 241 Å². The van der Waals surface area contributed by atoms with E-state index in [9.17, 15) is 9.00 Å². The lowest BCUT2D eigenvalue weighted by molar-refractivity contribution is -0.120. The van der Waals surface area contributed by atoms with Crippen LogP contribution < -0.4 is 23.8 Å². The Morgan fingerprint density at radius 1 is 1.05 bits per heavy atom. The minimum Gasteiger partial charge on any atom is -0.495 e. The normalized spacial score (nSPS) is 12.4. The van der Waals surface area contributed by atoms with E-state index in [0.717, 1.165) is 11.1 Å². The first-order valence-corrected chi connectivity index (χ1v) is 14.1. The van der Waals surface area contributed by atoms with E-state index in [-0.39, 0.29) is 12.7 Å². The number of aryl methyl sites for hydroxylation is 3. The van der Waals surface area contributed by atoms with Crippen LogP contribution in [0.3, 0.4) is 0 Å². The Kier molecular flexibility index (Phi) is 12.6. The monoisotopic (exact) mass is 564 g/mol. The summed E-state index contributed by atoms with van der Waals surface area (Å²) < 4.78 is 31.2. The largest absolute Gasteiger partial charge is 0.495 e. The number of hydrogen-bond acceptors (Lipinski definition) is 6. The maximum absolute atomic E-state index is 12.7. The first kappa shape index (κ1) is 32.3. The van der Waals surface area contributed by atoms with E-state index in [1.54, 1.807) is 31.2 Å². The number of rotatable bonds is 7. The van der Waals surface area contributed by atoms with Gasteiger partial charge in [0.25, 0.3) is 0 Å². The Balaban J connectivity index is 0.000000333. The highest BCUT2D eigenvalue weighted by Gasteiger charge is 2.24. The molecule has 7 nitrogen and oxygen atoms in total. The molecule has 0 bridgehead atoms. The molecule has 1 amide bonds. The van der Waals surface area contributed by atoms with E-state index in [4.69, 9.17) is 14.2 Å². The van der Waals surface area contributed by atoms with Crippen LogP contribution in [0.15, 0.2) is 59.5 Å². The summed E-state index contributed by atoms with van der Waals surface area (Å²) in [6.07, 6.45) is 5.16. The molecule has 0 aromatic heterocycles. The summed E-state index contributed by atoms with van der Waals surface area (Å²) in [6.45, 7) is 9.91. The predicted octanol–water partition coefficient (Wildman–Crippen LogP) is 6.07. The number of fused-ring (bicyclic) bond motifs is 1. The number of anilines is 1. The van der Waals surface area contributed by atoms with Crippen LogP contribution in [-0.4, -0.2) is 38.1 Å². The number of terminal acetylenes is 1. The zero-order valence-electron chi connectivity index (χ0n) is 24.7. The van der Waals surface area contributed by atoms with Gasteiger partial charge in [0.1, 0.15) is 10.6 Å². The van der Waals surface area contributed by atoms with E-state index in [1.807, 2.05) is 26.0 Å². The number of benzene rings is 3. The highest BCUT2D eigenvalue weighted by molar-refractivity contribution is 7.83. The van der Waals surface area contributed by atoms with E-state index in [2.05, 4.69) is 68.1 Å². The van der Waals surface area contributed by atoms with Gasteiger partial charge in [-0.1, -0.05) is 31.2 Å². The molecule has 0 radical (unpaired) electrons. The topological polar surface area (TPSA) is 77.1 Å². The van der Waals surface area contributed by atoms with Crippen LogP contribution in [-0.2, 0) is 15.8 Å². The molecule has 4 rings (SSSR count). The standard InChI is InChI=1S/C19H21NO5S.C10H15N.C3H4/c1-4-14(13-6-7-15-16(10-13)25-11-24-15)19(21)20-26(22)18-8-5-12(2)9-17(18)23-3;1-8-5-6-9(2)10(7-8)11(3)4;1-3-2/h5-10,14H,4,11H2,1-3H3,(H,20,21);5-7H,1-4H3;1H,2H3. The van der Waals surface area contributed by atoms with Gasteiger partial charge in [-0.25, -0.2) is 4.21 Å². The van der Waals surface area contributed by atoms with Gasteiger partial charge < -0.3 is 19.1 Å². The molecule has 3 aromatic carbocycles. The molecule has 2 unspecified atom stereocenters. The maximum atomic E-state index is 12.7. The summed E-state index contributed by atoms with van der Waals surface area (Å²) in [4.78, 5) is 15.3. The number of ether oxygens (including phenoxy) is 3. The fourth-order valence-corrected chi connectivity index (χ4v) is 5.00. The van der Waals surface area contributed by atoms with Crippen molar-refractivity contribution in [2.24, 2.45) is 0 Å². The minimum atomic E-state index is -1.71. The zero-order chi connectivity index (χ0) is 29.8. The smallest absolute Gasteiger partial charge is 0.239 e. The minimum absolute atomic E-state index is 0.180. The van der Waals surface area contributed by atoms with Crippen molar-refractivity contribution in [1.82, 2.24) is 4.72 Å². The van der Waals surface area contributed by atoms with E-state index >= 15 is 0 Å². The van der Waals surface area contributed by atoms with Gasteiger partial charge in [0.2, 0.25) is 12.7 Å². The fraction of sp³-hybridized carbons (Fsp3) is 0.344. The number of carbonyl (C=O) groups is 1. The maximum Gasteiger partial charge on any atom is 0.239 e. The third kappa shape index (κ3) is 8.78. The van der Waals surface area contributed by atoms with Gasteiger partial charge >= 0.3 is 0 Å². The molecule has 3 aromatic rings. The Hall–Kier alpha value is -3.96. The van der Waals surface area contributed by atoms with Gasteiger partial charge in [0.15, 0.2) is 22.5 Å². The van der Waals surface area contributed by atoms with Gasteiger partial charge in [-0.05, 0) is 86.7 Å². The summed E-state index contributed by atoms with van der Waals surface area (Å²) in [7, 11) is 3.95. The number of hydrogen-bond donors (Lipinski definition) is 1. The number of methoxy groups -OCH3 is 1. The lowest BCUT2D eigenvalue weighted by atomic mass is 9.95. The van der Waals surface area contributed by atoms with Crippen LogP contribution in [0.2, 0.25) is 0 Å². The van der Waals surface area contributed by atoms with Gasteiger partial charge in [-0.15, -0.1) is 12.3 Å². The molecular formula is C32H40N2O5S. The number of nitrogens with zero attached hydrogens (tertiary/aromatic N) is 1. The third-order valence-electron chi connectivity index (χ3n) is 6.08. The average molecular weight is 565 g/mol. The van der Waals surface area contributed by atoms with Crippen LogP contribution in [0.4, 0.5) is 5.69 Å². The SMILES string of the molecule is C#CC.CCC(C(=O)NS(=O)c1ccc(C)cc1OC)c1ccc2c(c1)OCO2.Cc1ccc(C)c(N(C)C)c1. The summed E-state index contributed by atoms with van der Waals surface area (Å²) in [6, 6.07) is 17.2. The highest BCUT2D eigenvalue weighted by Crippen LogP contribution is 2.35. The first-order chi connectivity index (χ1) is 19.1. The van der Waals surface area contributed by atoms with Gasteiger partial charge in [-0.3, -0.25) is 9.52 Å². The van der Waals surface area contributed by atoms with Crippen molar-refractivity contribution in [2.45, 2.75) is 51.9 Å². The molecule has 8 heteroatoms. The molecular weight excluding hydrogens is 524 g/mol. The van der Waals surface area contributed by atoms with Crippen molar-refractivity contribution >= 4 is 22.6 Å². The Morgan fingerprint density at radius 2 is 1.68 bits per heavy atom. The number of amides is 1. The molecule has 2 atom stereocenters. The Bertz CT molecular complexity index is 1360. The van der Waals surface area contributed by atoms with Crippen LogP contribution in [0.5, 0.6) is 17.2 Å². The predicted molar refractivity (Wildman–Crippen MR) is 163 cm³/mol. The summed E-state index contributed by atoms with van der Waals surface area (Å²) in [5, 5.41) is 0. The third-order valence-corrected chi connectivity index (χ3v) is 7.21. The second-order valence-corrected chi connectivity index (χ2v) is 10.6. The van der Waals surface area contributed by atoms with Crippen molar-refractivity contribution in [3.8, 4) is 29.6 Å². The zero-order valence-corrected chi connectivity index (χ0v) is 25.5. The van der Waals surface area contributed by atoms with Crippen molar-refractivity contribution < 1.29 is 23.2 Å². The second kappa shape index (κ2) is 15.6. The summed E-state index contributed by atoms with van der Waals surface area (Å²) >= 11 is 0. The molecule has 1 aliphatic heterocycles. The number of nitrogens with one attached hydrogen (secondary N) is 1. The van der Waals surface area contributed by atoms with E-state index < -0.39 is 16.9 Å². The molecule has 214 valence electrons. The molecule has 0 fully saturated rings. The number of carbonyl (C=O) groups excluding carboxylic acids is 1. The molecule has 0 spiro atoms. The van der Waals surface area contributed by atoms with Gasteiger partial charge in [-0.2, -0.15) is 0 Å². The molecule has 0 aliphatic carbocycles. The first-order valence-electron chi connectivity index (χ1n) is 12.9. The molecule has 0 saturated heterocycles. The van der Waals surface area contributed by atoms with Crippen LogP contribution >= 0.6 is 0 Å². The fourth-order valence-electron chi connectivity index (χ4n) is 4.05. The average Bonchev–Trinajstić information content (AvgIpc) is 3.39. The lowest BCUT2D eigenvalue weighted by Crippen LogP contribution is -2.31. The van der Waals surface area contributed by atoms with E-state index in [0.29, 0.717) is 28.6 Å². The van der Waals surface area contributed by atoms with Crippen LogP contribution in [0.1, 0.15) is 48.4 Å². The molecule has 0 saturated carbocycles. The van der Waals surface area contributed by atoms with Crippen LogP contribution in [0, 0.1) is 33.1 Å². The molecule has 1 N–H and O–H groups in total. The van der Waals surface area contributed by atoms with Crippen molar-refractivity contribution in [3.63, 3.8) is 0 Å². The Morgan fingerprint density at radius 3 is 2.27 bits per heavy atom. The second-order valence-electron chi connectivity index (χ2n) is 9.44. The van der Waals surface area contributed by atoms with Crippen molar-refractivity contribution in [1.29, 1.82) is 0 Å².